The molecule has 0 aliphatic carbocycles. The molecule has 0 spiro atoms. The zero-order valence-electron chi connectivity index (χ0n) is 19.2. The largest absolute Gasteiger partial charge is 0.481 e. The van der Waals surface area contributed by atoms with E-state index in [9.17, 15) is 9.59 Å². The summed E-state index contributed by atoms with van der Waals surface area (Å²) in [5.74, 6) is -0.356. The first-order valence-corrected chi connectivity index (χ1v) is 11.4. The lowest BCUT2D eigenvalue weighted by molar-refractivity contribution is -0.873. The summed E-state index contributed by atoms with van der Waals surface area (Å²) in [5.41, 5.74) is 0. The average Bonchev–Trinajstić information content (AvgIpc) is 2.55. The summed E-state index contributed by atoms with van der Waals surface area (Å²) in [7, 11) is 5.90. The normalized spacial score (nSPS) is 13.9. The lowest BCUT2D eigenvalue weighted by atomic mass is 9.96. The Kier molecular flexibility index (Phi) is 15.2. The van der Waals surface area contributed by atoms with Gasteiger partial charge in [0.15, 0.2) is 6.10 Å². The highest BCUT2D eigenvalue weighted by molar-refractivity contribution is 5.71. The van der Waals surface area contributed by atoms with Gasteiger partial charge in [0.1, 0.15) is 6.54 Å². The number of ether oxygens (including phenoxy) is 1. The highest BCUT2D eigenvalue weighted by Crippen LogP contribution is 2.18. The molecule has 0 aliphatic heterocycles. The van der Waals surface area contributed by atoms with E-state index in [0.717, 1.165) is 25.2 Å². The molecule has 28 heavy (non-hydrogen) atoms. The van der Waals surface area contributed by atoms with E-state index in [4.69, 9.17) is 9.84 Å². The number of unbranched alkanes of at least 4 members (excludes halogenated alkanes) is 7. The van der Waals surface area contributed by atoms with Crippen LogP contribution in [0.25, 0.3) is 0 Å². The molecular weight excluding hydrogens is 354 g/mol. The second-order valence-corrected chi connectivity index (χ2v) is 9.44. The number of esters is 1. The average molecular weight is 401 g/mol. The van der Waals surface area contributed by atoms with E-state index >= 15 is 0 Å². The van der Waals surface area contributed by atoms with Crippen molar-refractivity contribution >= 4 is 11.9 Å². The maximum Gasteiger partial charge on any atom is 0.307 e. The molecule has 0 rings (SSSR count). The fourth-order valence-electron chi connectivity index (χ4n) is 3.55. The molecule has 0 aromatic carbocycles. The maximum absolute atomic E-state index is 12.0. The van der Waals surface area contributed by atoms with E-state index < -0.39 is 12.1 Å². The van der Waals surface area contributed by atoms with Gasteiger partial charge in [0, 0.05) is 6.42 Å². The molecule has 2 atom stereocenters. The Balaban J connectivity index is 3.78. The Hall–Kier alpha value is -1.10. The van der Waals surface area contributed by atoms with Crippen LogP contribution in [0.2, 0.25) is 0 Å². The van der Waals surface area contributed by atoms with Crippen molar-refractivity contribution in [3.8, 4) is 0 Å². The molecule has 0 heterocycles. The number of hydrogen-bond donors (Lipinski definition) is 1. The van der Waals surface area contributed by atoms with Gasteiger partial charge in [0.25, 0.3) is 0 Å². The van der Waals surface area contributed by atoms with Crippen molar-refractivity contribution in [1.29, 1.82) is 0 Å². The van der Waals surface area contributed by atoms with Crippen molar-refractivity contribution in [2.45, 2.75) is 103 Å². The Morgan fingerprint density at radius 3 is 1.96 bits per heavy atom. The van der Waals surface area contributed by atoms with E-state index in [2.05, 4.69) is 13.8 Å². The Bertz CT molecular complexity index is 417. The van der Waals surface area contributed by atoms with Crippen molar-refractivity contribution in [1.82, 2.24) is 0 Å². The van der Waals surface area contributed by atoms with Gasteiger partial charge < -0.3 is 14.3 Å². The van der Waals surface area contributed by atoms with Crippen LogP contribution in [0.4, 0.5) is 0 Å². The van der Waals surface area contributed by atoms with Gasteiger partial charge in [-0.15, -0.1) is 0 Å². The topological polar surface area (TPSA) is 63.6 Å². The van der Waals surface area contributed by atoms with Crippen LogP contribution in [0.1, 0.15) is 97.3 Å². The molecule has 0 aromatic heterocycles. The van der Waals surface area contributed by atoms with Crippen molar-refractivity contribution in [2.75, 3.05) is 27.7 Å². The van der Waals surface area contributed by atoms with E-state index in [1.54, 1.807) is 0 Å². The number of hydrogen-bond acceptors (Lipinski definition) is 3. The number of nitrogens with zero attached hydrogens (tertiary/aromatic N) is 1. The molecule has 1 N–H and O–H groups in total. The fraction of sp³-hybridized carbons (Fsp3) is 0.913. The van der Waals surface area contributed by atoms with Crippen molar-refractivity contribution in [2.24, 2.45) is 5.92 Å². The second-order valence-electron chi connectivity index (χ2n) is 9.44. The van der Waals surface area contributed by atoms with Crippen LogP contribution in [0.5, 0.6) is 0 Å². The number of rotatable bonds is 18. The SMILES string of the molecule is CCCCCCC(C)CCCCCCCC(=O)OC(CC(=O)O)C[N+](C)(C)C. The van der Waals surface area contributed by atoms with Gasteiger partial charge in [-0.1, -0.05) is 78.1 Å². The summed E-state index contributed by atoms with van der Waals surface area (Å²) in [6.07, 6.45) is 13.3. The van der Waals surface area contributed by atoms with E-state index in [-0.39, 0.29) is 12.4 Å². The summed E-state index contributed by atoms with van der Waals surface area (Å²) in [6, 6.07) is 0. The van der Waals surface area contributed by atoms with Gasteiger partial charge >= 0.3 is 11.9 Å². The number of carboxylic acids is 1. The Morgan fingerprint density at radius 2 is 1.43 bits per heavy atom. The molecule has 5 heteroatoms. The lowest BCUT2D eigenvalue weighted by Crippen LogP contribution is -2.43. The Labute approximate surface area is 173 Å². The molecule has 0 saturated carbocycles. The number of carboxylic acid groups (broad SMARTS) is 1. The Morgan fingerprint density at radius 1 is 0.893 bits per heavy atom. The molecule has 0 aliphatic rings. The molecule has 0 fully saturated rings. The predicted molar refractivity (Wildman–Crippen MR) is 115 cm³/mol. The third-order valence-electron chi connectivity index (χ3n) is 5.08. The van der Waals surface area contributed by atoms with Gasteiger partial charge in [-0.3, -0.25) is 9.59 Å². The third-order valence-corrected chi connectivity index (χ3v) is 5.08. The monoisotopic (exact) mass is 400 g/mol. The predicted octanol–water partition coefficient (Wildman–Crippen LogP) is 5.42. The first-order chi connectivity index (χ1) is 13.1. The van der Waals surface area contributed by atoms with Gasteiger partial charge in [-0.2, -0.15) is 0 Å². The number of quaternary nitrogens is 1. The van der Waals surface area contributed by atoms with Crippen LogP contribution in [0, 0.1) is 5.92 Å². The third kappa shape index (κ3) is 18.3. The van der Waals surface area contributed by atoms with Gasteiger partial charge in [-0.05, 0) is 12.3 Å². The smallest absolute Gasteiger partial charge is 0.307 e. The minimum atomic E-state index is -0.925. The van der Waals surface area contributed by atoms with E-state index in [0.29, 0.717) is 17.4 Å². The summed E-state index contributed by atoms with van der Waals surface area (Å²) in [4.78, 5) is 23.0. The van der Waals surface area contributed by atoms with Crippen molar-refractivity contribution in [3.63, 3.8) is 0 Å². The number of aliphatic carboxylic acids is 1. The van der Waals surface area contributed by atoms with Crippen LogP contribution in [0.15, 0.2) is 0 Å². The molecule has 166 valence electrons. The quantitative estimate of drug-likeness (QED) is 0.190. The van der Waals surface area contributed by atoms with Gasteiger partial charge in [0.2, 0.25) is 0 Å². The molecule has 0 bridgehead atoms. The van der Waals surface area contributed by atoms with Crippen LogP contribution >= 0.6 is 0 Å². The second kappa shape index (κ2) is 15.8. The lowest BCUT2D eigenvalue weighted by Gasteiger charge is -2.28. The fourth-order valence-corrected chi connectivity index (χ4v) is 3.55. The van der Waals surface area contributed by atoms with Crippen molar-refractivity contribution in [3.05, 3.63) is 0 Å². The summed E-state index contributed by atoms with van der Waals surface area (Å²) < 4.78 is 5.99. The molecule has 0 radical (unpaired) electrons. The van der Waals surface area contributed by atoms with Gasteiger partial charge in [-0.25, -0.2) is 0 Å². The molecule has 0 saturated heterocycles. The highest BCUT2D eigenvalue weighted by Gasteiger charge is 2.24. The first-order valence-electron chi connectivity index (χ1n) is 11.4. The summed E-state index contributed by atoms with van der Waals surface area (Å²) >= 11 is 0. The van der Waals surface area contributed by atoms with Crippen LogP contribution in [-0.2, 0) is 14.3 Å². The van der Waals surface area contributed by atoms with Gasteiger partial charge in [0.05, 0.1) is 27.6 Å². The maximum atomic E-state index is 12.0. The number of carbonyl (C=O) groups is 2. The van der Waals surface area contributed by atoms with Crippen LogP contribution in [-0.4, -0.2) is 55.3 Å². The molecule has 0 amide bonds. The van der Waals surface area contributed by atoms with E-state index in [1.807, 2.05) is 21.1 Å². The summed E-state index contributed by atoms with van der Waals surface area (Å²) in [5, 5.41) is 9.00. The molecule has 0 aromatic rings. The number of carbonyl (C=O) groups excluding carboxylic acids is 1. The van der Waals surface area contributed by atoms with Crippen molar-refractivity contribution < 1.29 is 23.9 Å². The highest BCUT2D eigenvalue weighted by atomic mass is 16.5. The van der Waals surface area contributed by atoms with Crippen LogP contribution < -0.4 is 0 Å². The summed E-state index contributed by atoms with van der Waals surface area (Å²) in [6.45, 7) is 5.13. The standard InChI is InChI=1S/C23H45NO4/c1-6-7-8-12-15-20(2)16-13-10-9-11-14-17-23(27)28-21(18-22(25)26)19-24(3,4)5/h20-21H,6-19H2,1-5H3/p+1. The van der Waals surface area contributed by atoms with E-state index in [1.165, 1.54) is 51.4 Å². The molecular formula is C23H46NO4+. The minimum absolute atomic E-state index is 0.127. The molecule has 5 nitrogen and oxygen atoms in total. The van der Waals surface area contributed by atoms with Crippen LogP contribution in [0.3, 0.4) is 0 Å². The zero-order valence-corrected chi connectivity index (χ0v) is 19.2. The number of likely N-dealkylation sites (N-methyl/N-ethyl adjacent to an activating group) is 1. The molecule has 2 unspecified atom stereocenters. The minimum Gasteiger partial charge on any atom is -0.481 e. The zero-order chi connectivity index (χ0) is 21.4. The first kappa shape index (κ1) is 26.9.